The zero-order valence-corrected chi connectivity index (χ0v) is 16.4. The van der Waals surface area contributed by atoms with Gasteiger partial charge < -0.3 is 19.5 Å². The van der Waals surface area contributed by atoms with E-state index in [-0.39, 0.29) is 23.0 Å². The molecular formula is C21H22N2O7. The third-order valence-electron chi connectivity index (χ3n) is 4.51. The molecule has 1 aliphatic rings. The van der Waals surface area contributed by atoms with Gasteiger partial charge in [-0.05, 0) is 44.0 Å². The highest BCUT2D eigenvalue weighted by molar-refractivity contribution is 5.97. The number of nitro groups is 1. The average Bonchev–Trinajstić information content (AvgIpc) is 3.26. The molecule has 0 bridgehead atoms. The van der Waals surface area contributed by atoms with Crippen LogP contribution >= 0.6 is 0 Å². The normalized spacial score (nSPS) is 16.5. The van der Waals surface area contributed by atoms with Gasteiger partial charge in [-0.2, -0.15) is 0 Å². The molecule has 2 aromatic carbocycles. The number of hydrogen-bond donors (Lipinski definition) is 1. The Kier molecular flexibility index (Phi) is 6.97. The second kappa shape index (κ2) is 9.84. The molecule has 1 saturated heterocycles. The smallest absolute Gasteiger partial charge is 0.339 e. The van der Waals surface area contributed by atoms with E-state index in [1.54, 1.807) is 24.3 Å². The molecule has 0 radical (unpaired) electrons. The van der Waals surface area contributed by atoms with Gasteiger partial charge in [0.1, 0.15) is 12.4 Å². The van der Waals surface area contributed by atoms with Crippen LogP contribution in [0.15, 0.2) is 48.5 Å². The van der Waals surface area contributed by atoms with Crippen LogP contribution in [0.2, 0.25) is 0 Å². The molecule has 9 nitrogen and oxygen atoms in total. The number of rotatable bonds is 8. The van der Waals surface area contributed by atoms with Crippen LogP contribution in [0.3, 0.4) is 0 Å². The van der Waals surface area contributed by atoms with E-state index in [9.17, 15) is 19.7 Å². The van der Waals surface area contributed by atoms with E-state index in [1.807, 2.05) is 0 Å². The Morgan fingerprint density at radius 2 is 2.07 bits per heavy atom. The van der Waals surface area contributed by atoms with Gasteiger partial charge in [0.05, 0.1) is 16.6 Å². The first-order valence-corrected chi connectivity index (χ1v) is 9.53. The van der Waals surface area contributed by atoms with Crippen molar-refractivity contribution in [2.75, 3.05) is 18.5 Å². The zero-order chi connectivity index (χ0) is 21.5. The Labute approximate surface area is 173 Å². The second-order valence-corrected chi connectivity index (χ2v) is 6.82. The maximum absolute atomic E-state index is 12.4. The van der Waals surface area contributed by atoms with E-state index in [2.05, 4.69) is 5.32 Å². The maximum Gasteiger partial charge on any atom is 0.339 e. The molecule has 1 N–H and O–H groups in total. The molecule has 0 aromatic heterocycles. The topological polar surface area (TPSA) is 117 Å². The lowest BCUT2D eigenvalue weighted by Gasteiger charge is -2.14. The van der Waals surface area contributed by atoms with Crippen LogP contribution in [-0.4, -0.2) is 42.2 Å². The Morgan fingerprint density at radius 1 is 1.27 bits per heavy atom. The van der Waals surface area contributed by atoms with Crippen molar-refractivity contribution in [1.82, 2.24) is 0 Å². The molecule has 9 heteroatoms. The average molecular weight is 414 g/mol. The maximum atomic E-state index is 12.4. The highest BCUT2D eigenvalue weighted by Crippen LogP contribution is 2.19. The predicted molar refractivity (Wildman–Crippen MR) is 108 cm³/mol. The van der Waals surface area contributed by atoms with Crippen molar-refractivity contribution in [3.05, 3.63) is 64.2 Å². The molecule has 0 aliphatic carbocycles. The number of anilines is 1. The fraction of sp³-hybridized carbons (Fsp3) is 0.333. The molecule has 158 valence electrons. The fourth-order valence-corrected chi connectivity index (χ4v) is 2.90. The Morgan fingerprint density at radius 3 is 2.80 bits per heavy atom. The van der Waals surface area contributed by atoms with E-state index in [0.29, 0.717) is 12.4 Å². The van der Waals surface area contributed by atoms with Gasteiger partial charge in [-0.1, -0.05) is 12.1 Å². The molecule has 2 unspecified atom stereocenters. The highest BCUT2D eigenvalue weighted by atomic mass is 16.6. The van der Waals surface area contributed by atoms with Crippen molar-refractivity contribution in [3.8, 4) is 5.75 Å². The number of amides is 1. The summed E-state index contributed by atoms with van der Waals surface area (Å²) in [6.07, 6.45) is 0.904. The van der Waals surface area contributed by atoms with Crippen LogP contribution in [0, 0.1) is 10.1 Å². The molecule has 2 aromatic rings. The molecule has 2 atom stereocenters. The van der Waals surface area contributed by atoms with Crippen molar-refractivity contribution in [1.29, 1.82) is 0 Å². The van der Waals surface area contributed by atoms with Crippen molar-refractivity contribution in [3.63, 3.8) is 0 Å². The van der Waals surface area contributed by atoms with Gasteiger partial charge >= 0.3 is 5.97 Å². The largest absolute Gasteiger partial charge is 0.491 e. The Bertz CT molecular complexity index is 925. The van der Waals surface area contributed by atoms with Gasteiger partial charge in [0.2, 0.25) is 0 Å². The van der Waals surface area contributed by atoms with Crippen molar-refractivity contribution >= 4 is 23.3 Å². The van der Waals surface area contributed by atoms with Crippen LogP contribution in [0.1, 0.15) is 30.1 Å². The molecule has 0 spiro atoms. The minimum Gasteiger partial charge on any atom is -0.491 e. The van der Waals surface area contributed by atoms with Crippen molar-refractivity contribution in [2.24, 2.45) is 0 Å². The predicted octanol–water partition coefficient (Wildman–Crippen LogP) is 3.34. The lowest BCUT2D eigenvalue weighted by Crippen LogP contribution is -2.30. The molecule has 0 saturated carbocycles. The van der Waals surface area contributed by atoms with E-state index in [1.165, 1.54) is 31.2 Å². The van der Waals surface area contributed by atoms with Crippen molar-refractivity contribution < 1.29 is 28.7 Å². The summed E-state index contributed by atoms with van der Waals surface area (Å²) in [5.41, 5.74) is 0.328. The van der Waals surface area contributed by atoms with E-state index in [0.717, 1.165) is 19.4 Å². The number of carbonyl (C=O) groups excluding carboxylic acids is 2. The number of nitrogens with zero attached hydrogens (tertiary/aromatic N) is 1. The van der Waals surface area contributed by atoms with Crippen LogP contribution < -0.4 is 10.1 Å². The van der Waals surface area contributed by atoms with Gasteiger partial charge in [0.25, 0.3) is 11.6 Å². The second-order valence-electron chi connectivity index (χ2n) is 6.82. The minimum absolute atomic E-state index is 0.0538. The van der Waals surface area contributed by atoms with Crippen LogP contribution in [-0.2, 0) is 14.3 Å². The highest BCUT2D eigenvalue weighted by Gasteiger charge is 2.21. The number of ether oxygens (including phenoxy) is 3. The first-order chi connectivity index (χ1) is 14.4. The van der Waals surface area contributed by atoms with Gasteiger partial charge in [-0.25, -0.2) is 4.79 Å². The van der Waals surface area contributed by atoms with Crippen LogP contribution in [0.25, 0.3) is 0 Å². The summed E-state index contributed by atoms with van der Waals surface area (Å²) >= 11 is 0. The molecule has 1 amide bonds. The first kappa shape index (κ1) is 21.3. The summed E-state index contributed by atoms with van der Waals surface area (Å²) in [7, 11) is 0. The number of carbonyl (C=O) groups is 2. The quantitative estimate of drug-likeness (QED) is 0.400. The van der Waals surface area contributed by atoms with Gasteiger partial charge in [-0.15, -0.1) is 0 Å². The Balaban J connectivity index is 1.55. The first-order valence-electron chi connectivity index (χ1n) is 9.53. The molecular weight excluding hydrogens is 392 g/mol. The molecule has 3 rings (SSSR count). The zero-order valence-electron chi connectivity index (χ0n) is 16.4. The van der Waals surface area contributed by atoms with Gasteiger partial charge in [0, 0.05) is 24.4 Å². The number of hydrogen-bond acceptors (Lipinski definition) is 7. The molecule has 1 aliphatic heterocycles. The summed E-state index contributed by atoms with van der Waals surface area (Å²) in [5, 5.41) is 13.3. The summed E-state index contributed by atoms with van der Waals surface area (Å²) in [4.78, 5) is 34.9. The van der Waals surface area contributed by atoms with Crippen molar-refractivity contribution in [2.45, 2.75) is 32.0 Å². The lowest BCUT2D eigenvalue weighted by molar-refractivity contribution is -0.384. The summed E-state index contributed by atoms with van der Waals surface area (Å²) in [6.45, 7) is 2.56. The standard InChI is InChI=1S/C21H22N2O7/c1-14(20(24)22-16-6-3-7-17(12-16)23(26)27)30-21(25)15-5-2-8-18(11-15)29-13-19-9-4-10-28-19/h2-3,5-8,11-12,14,19H,4,9-10,13H2,1H3,(H,22,24). The lowest BCUT2D eigenvalue weighted by atomic mass is 10.2. The summed E-state index contributed by atoms with van der Waals surface area (Å²) in [6, 6.07) is 12.0. The minimum atomic E-state index is -1.10. The fourth-order valence-electron chi connectivity index (χ4n) is 2.90. The number of non-ortho nitro benzene ring substituents is 1. The van der Waals surface area contributed by atoms with Gasteiger partial charge in [0.15, 0.2) is 6.10 Å². The number of benzene rings is 2. The molecule has 30 heavy (non-hydrogen) atoms. The monoisotopic (exact) mass is 414 g/mol. The number of nitro benzene ring substituents is 1. The van der Waals surface area contributed by atoms with E-state index < -0.39 is 22.9 Å². The molecule has 1 heterocycles. The number of nitrogens with one attached hydrogen (secondary N) is 1. The summed E-state index contributed by atoms with van der Waals surface area (Å²) in [5.74, 6) is -0.775. The van der Waals surface area contributed by atoms with E-state index in [4.69, 9.17) is 14.2 Å². The molecule has 1 fully saturated rings. The van der Waals surface area contributed by atoms with Gasteiger partial charge in [-0.3, -0.25) is 14.9 Å². The number of esters is 1. The van der Waals surface area contributed by atoms with Crippen LogP contribution in [0.4, 0.5) is 11.4 Å². The van der Waals surface area contributed by atoms with E-state index >= 15 is 0 Å². The van der Waals surface area contributed by atoms with Crippen LogP contribution in [0.5, 0.6) is 5.75 Å². The third kappa shape index (κ3) is 5.77. The summed E-state index contributed by atoms with van der Waals surface area (Å²) < 4.78 is 16.4. The Hall–Kier alpha value is -3.46. The SMILES string of the molecule is CC(OC(=O)c1cccc(OCC2CCCO2)c1)C(=O)Nc1cccc([N+](=O)[O-])c1. The third-order valence-corrected chi connectivity index (χ3v) is 4.51.